The molecule has 0 aliphatic rings. The first-order chi connectivity index (χ1) is 26.6. The molecule has 0 spiro atoms. The van der Waals surface area contributed by atoms with Gasteiger partial charge in [-0.3, -0.25) is 20.0 Å². The molecule has 10 heteroatoms. The van der Waals surface area contributed by atoms with Gasteiger partial charge in [-0.1, -0.05) is 72.8 Å². The quantitative estimate of drug-likeness (QED) is 0.0538. The predicted molar refractivity (Wildman–Crippen MR) is 214 cm³/mol. The van der Waals surface area contributed by atoms with Crippen LogP contribution >= 0.6 is 0 Å². The molecule has 0 saturated heterocycles. The summed E-state index contributed by atoms with van der Waals surface area (Å²) in [6, 6.07) is 34.7. The Morgan fingerprint density at radius 2 is 0.926 bits per heavy atom. The topological polar surface area (TPSA) is 94.7 Å². The van der Waals surface area contributed by atoms with Gasteiger partial charge in [-0.15, -0.1) is 13.2 Å². The smallest absolute Gasteiger partial charge is 0.336 e. The molecule has 0 saturated carbocycles. The Morgan fingerprint density at radius 3 is 1.33 bits per heavy atom. The molecule has 0 atom stereocenters. The molecule has 0 radical (unpaired) electrons. The molecule has 0 amide bonds. The number of carbonyl (C=O) groups excluding carboxylic acids is 2. The molecule has 264 valence electrons. The summed E-state index contributed by atoms with van der Waals surface area (Å²) in [4.78, 5) is 35.2. The number of para-hydroxylation sites is 4. The molecule has 0 N–H and O–H groups in total. The summed E-state index contributed by atoms with van der Waals surface area (Å²) >= 11 is 0. The van der Waals surface area contributed by atoms with Crippen LogP contribution in [0.4, 0.5) is 11.4 Å². The Labute approximate surface area is 310 Å². The number of fused-ring (bicyclic) bond motifs is 6. The number of rotatable bonds is 12. The van der Waals surface area contributed by atoms with Crippen molar-refractivity contribution in [1.29, 1.82) is 0 Å². The number of anilines is 2. The first-order valence-electron chi connectivity index (χ1n) is 17.3. The van der Waals surface area contributed by atoms with Gasteiger partial charge in [0.2, 0.25) is 0 Å². The van der Waals surface area contributed by atoms with Gasteiger partial charge >= 0.3 is 11.9 Å². The van der Waals surface area contributed by atoms with Crippen LogP contribution in [0.2, 0.25) is 0 Å². The van der Waals surface area contributed by atoms with E-state index in [-0.39, 0.29) is 0 Å². The third kappa shape index (κ3) is 6.11. The van der Waals surface area contributed by atoms with Crippen LogP contribution in [0.3, 0.4) is 0 Å². The molecule has 10 nitrogen and oxygen atoms in total. The van der Waals surface area contributed by atoms with Gasteiger partial charge in [0.25, 0.3) is 0 Å². The average molecular weight is 711 g/mol. The number of ether oxygens (including phenoxy) is 2. The first-order valence-corrected chi connectivity index (χ1v) is 17.3. The van der Waals surface area contributed by atoms with Crippen molar-refractivity contribution in [3.8, 4) is 11.5 Å². The number of aromatic nitrogens is 4. The fourth-order valence-electron chi connectivity index (χ4n) is 6.90. The number of pyridine rings is 2. The standard InChI is InChI=1S/C44H34N6O4/c1-3-29-47(31-21-25-45-26-22-31)49-37-15-7-5-11-33(37)35-13-9-17-39(43(35)49)53-41(51)19-20-42(52)54-40-18-10-14-36-34-12-6-8-16-38(34)50(44(36)40)48(30-4-2)32-23-27-46-28-24-32/h3-28H,1-2,29-30H2/b20-19-. The van der Waals surface area contributed by atoms with Gasteiger partial charge in [-0.2, -0.15) is 0 Å². The molecular formula is C44H34N6O4. The van der Waals surface area contributed by atoms with Crippen molar-refractivity contribution in [1.82, 2.24) is 19.3 Å². The normalized spacial score (nSPS) is 11.3. The van der Waals surface area contributed by atoms with E-state index in [0.29, 0.717) is 35.6 Å². The molecule has 8 rings (SSSR count). The summed E-state index contributed by atoms with van der Waals surface area (Å²) < 4.78 is 15.9. The van der Waals surface area contributed by atoms with Crippen LogP contribution in [0.5, 0.6) is 11.5 Å². The van der Waals surface area contributed by atoms with Gasteiger partial charge in [0.15, 0.2) is 11.5 Å². The van der Waals surface area contributed by atoms with Crippen LogP contribution in [-0.4, -0.2) is 44.3 Å². The third-order valence-corrected chi connectivity index (χ3v) is 9.05. The largest absolute Gasteiger partial charge is 0.421 e. The number of nitrogens with zero attached hydrogens (tertiary/aromatic N) is 6. The molecule has 0 fully saturated rings. The molecule has 0 aliphatic heterocycles. The van der Waals surface area contributed by atoms with Crippen LogP contribution in [0.15, 0.2) is 171 Å². The van der Waals surface area contributed by atoms with E-state index in [1.165, 1.54) is 0 Å². The van der Waals surface area contributed by atoms with E-state index in [1.54, 1.807) is 49.1 Å². The molecule has 4 heterocycles. The lowest BCUT2D eigenvalue weighted by molar-refractivity contribution is -0.131. The zero-order valence-corrected chi connectivity index (χ0v) is 29.2. The number of esters is 2. The monoisotopic (exact) mass is 710 g/mol. The van der Waals surface area contributed by atoms with Crippen molar-refractivity contribution < 1.29 is 19.1 Å². The Kier molecular flexibility index (Phi) is 9.13. The highest BCUT2D eigenvalue weighted by Gasteiger charge is 2.23. The van der Waals surface area contributed by atoms with Crippen molar-refractivity contribution in [3.63, 3.8) is 0 Å². The maximum atomic E-state index is 13.4. The zero-order valence-electron chi connectivity index (χ0n) is 29.2. The maximum absolute atomic E-state index is 13.4. The van der Waals surface area contributed by atoms with Crippen molar-refractivity contribution in [2.24, 2.45) is 0 Å². The third-order valence-electron chi connectivity index (χ3n) is 9.05. The average Bonchev–Trinajstić information content (AvgIpc) is 3.73. The van der Waals surface area contributed by atoms with Gasteiger partial charge in [0.05, 0.1) is 35.5 Å². The van der Waals surface area contributed by atoms with Gasteiger partial charge in [0.1, 0.15) is 11.0 Å². The first kappa shape index (κ1) is 33.7. The second-order valence-corrected chi connectivity index (χ2v) is 12.3. The minimum atomic E-state index is -0.738. The highest BCUT2D eigenvalue weighted by molar-refractivity contribution is 6.12. The zero-order chi connectivity index (χ0) is 37.0. The van der Waals surface area contributed by atoms with Gasteiger partial charge in [0, 0.05) is 58.5 Å². The lowest BCUT2D eigenvalue weighted by atomic mass is 10.1. The van der Waals surface area contributed by atoms with Crippen LogP contribution < -0.4 is 19.5 Å². The second-order valence-electron chi connectivity index (χ2n) is 12.3. The van der Waals surface area contributed by atoms with Crippen molar-refractivity contribution in [3.05, 3.63) is 171 Å². The van der Waals surface area contributed by atoms with E-state index in [4.69, 9.17) is 9.47 Å². The molecule has 8 aromatic rings. The molecule has 0 unspecified atom stereocenters. The van der Waals surface area contributed by atoms with E-state index in [2.05, 4.69) is 23.1 Å². The van der Waals surface area contributed by atoms with Crippen LogP contribution in [-0.2, 0) is 9.59 Å². The summed E-state index contributed by atoms with van der Waals surface area (Å²) in [5.41, 5.74) is 4.93. The summed E-state index contributed by atoms with van der Waals surface area (Å²) in [6.07, 6.45) is 12.7. The van der Waals surface area contributed by atoms with Crippen LogP contribution in [0.25, 0.3) is 43.6 Å². The summed E-state index contributed by atoms with van der Waals surface area (Å²) in [5.74, 6) is -0.833. The van der Waals surface area contributed by atoms with E-state index in [0.717, 1.165) is 56.1 Å². The van der Waals surface area contributed by atoms with Gasteiger partial charge in [-0.25, -0.2) is 18.9 Å². The fraction of sp³-hybridized carbons (Fsp3) is 0.0455. The minimum absolute atomic E-state index is 0.322. The molecule has 0 bridgehead atoms. The Morgan fingerprint density at radius 1 is 0.537 bits per heavy atom. The Bertz CT molecular complexity index is 2530. The van der Waals surface area contributed by atoms with Crippen molar-refractivity contribution >= 4 is 66.9 Å². The SMILES string of the molecule is C=CCN(c1ccncc1)n1c2ccccc2c2cccc(OC(=O)/C=C\C(=O)Oc3cccc4c5ccccc5n(N(CC=C)c5ccncc5)c34)c21. The van der Waals surface area contributed by atoms with E-state index >= 15 is 0 Å². The second kappa shape index (κ2) is 14.6. The summed E-state index contributed by atoms with van der Waals surface area (Å²) in [5, 5.41) is 7.82. The Hall–Kier alpha value is -7.46. The highest BCUT2D eigenvalue weighted by Crippen LogP contribution is 2.38. The minimum Gasteiger partial charge on any atom is -0.421 e. The molecule has 4 aromatic carbocycles. The van der Waals surface area contributed by atoms with Gasteiger partial charge in [-0.05, 0) is 48.5 Å². The van der Waals surface area contributed by atoms with Crippen LogP contribution in [0, 0.1) is 0 Å². The number of benzene rings is 4. The number of hydrogen-bond donors (Lipinski definition) is 0. The summed E-state index contributed by atoms with van der Waals surface area (Å²) in [6.45, 7) is 8.89. The fourth-order valence-corrected chi connectivity index (χ4v) is 6.90. The van der Waals surface area contributed by atoms with E-state index < -0.39 is 11.9 Å². The molecule has 4 aromatic heterocycles. The van der Waals surface area contributed by atoms with E-state index in [1.807, 2.05) is 116 Å². The lowest BCUT2D eigenvalue weighted by Gasteiger charge is -2.27. The van der Waals surface area contributed by atoms with Gasteiger partial charge < -0.3 is 9.47 Å². The predicted octanol–water partition coefficient (Wildman–Crippen LogP) is 8.67. The number of hydrogen-bond acceptors (Lipinski definition) is 8. The number of carbonyl (C=O) groups is 2. The maximum Gasteiger partial charge on any atom is 0.336 e. The van der Waals surface area contributed by atoms with E-state index in [9.17, 15) is 9.59 Å². The highest BCUT2D eigenvalue weighted by atomic mass is 16.5. The van der Waals surface area contributed by atoms with Crippen LogP contribution in [0.1, 0.15) is 0 Å². The van der Waals surface area contributed by atoms with Crippen molar-refractivity contribution in [2.45, 2.75) is 0 Å². The Balaban J connectivity index is 1.13. The summed E-state index contributed by atoms with van der Waals surface area (Å²) in [7, 11) is 0. The lowest BCUT2D eigenvalue weighted by Crippen LogP contribution is -2.29. The molecule has 0 aliphatic carbocycles. The molecular weight excluding hydrogens is 677 g/mol. The molecule has 54 heavy (non-hydrogen) atoms. The van der Waals surface area contributed by atoms with Crippen molar-refractivity contribution in [2.75, 3.05) is 23.1 Å².